The van der Waals surface area contributed by atoms with E-state index in [0.29, 0.717) is 34.8 Å². The van der Waals surface area contributed by atoms with E-state index in [9.17, 15) is 9.90 Å². The van der Waals surface area contributed by atoms with E-state index < -0.39 is 0 Å². The van der Waals surface area contributed by atoms with E-state index in [1.165, 1.54) is 4.57 Å². The zero-order valence-electron chi connectivity index (χ0n) is 14.8. The van der Waals surface area contributed by atoms with E-state index in [-0.39, 0.29) is 24.6 Å². The molecule has 0 aromatic carbocycles. The summed E-state index contributed by atoms with van der Waals surface area (Å²) in [5, 5.41) is 25.4. The number of aliphatic hydroxyl groups is 1. The van der Waals surface area contributed by atoms with Crippen LogP contribution in [0.4, 0.5) is 17.5 Å². The molecule has 9 nitrogen and oxygen atoms in total. The number of nitriles is 1. The number of aryl methyl sites for hydroxylation is 1. The summed E-state index contributed by atoms with van der Waals surface area (Å²) < 4.78 is 1.48. The van der Waals surface area contributed by atoms with Gasteiger partial charge in [-0.3, -0.25) is 9.78 Å². The summed E-state index contributed by atoms with van der Waals surface area (Å²) in [6.45, 7) is 1.98. The van der Waals surface area contributed by atoms with Crippen molar-refractivity contribution in [3.8, 4) is 6.07 Å². The minimum Gasteiger partial charge on any atom is -0.394 e. The number of fused-ring (bicyclic) bond motifs is 1. The van der Waals surface area contributed by atoms with Crippen molar-refractivity contribution in [2.24, 2.45) is 0 Å². The Morgan fingerprint density at radius 1 is 1.37 bits per heavy atom. The lowest BCUT2D eigenvalue weighted by Crippen LogP contribution is -2.25. The Morgan fingerprint density at radius 2 is 2.22 bits per heavy atom. The van der Waals surface area contributed by atoms with Crippen LogP contribution in [0.15, 0.2) is 41.7 Å². The van der Waals surface area contributed by atoms with Crippen molar-refractivity contribution in [3.05, 3.63) is 47.3 Å². The van der Waals surface area contributed by atoms with Gasteiger partial charge in [-0.2, -0.15) is 5.26 Å². The highest BCUT2D eigenvalue weighted by atomic mass is 16.3. The van der Waals surface area contributed by atoms with E-state index >= 15 is 0 Å². The summed E-state index contributed by atoms with van der Waals surface area (Å²) in [4.78, 5) is 25.5. The number of nitrogens with one attached hydrogen (secondary N) is 2. The summed E-state index contributed by atoms with van der Waals surface area (Å²) in [5.41, 5.74) is -0.242. The second kappa shape index (κ2) is 8.25. The third kappa shape index (κ3) is 4.19. The van der Waals surface area contributed by atoms with Crippen molar-refractivity contribution < 1.29 is 5.11 Å². The Morgan fingerprint density at radius 3 is 2.93 bits per heavy atom. The second-order valence-corrected chi connectivity index (χ2v) is 5.99. The number of anilines is 3. The molecule has 0 saturated heterocycles. The van der Waals surface area contributed by atoms with Gasteiger partial charge < -0.3 is 20.3 Å². The molecule has 3 aromatic heterocycles. The molecule has 9 heteroatoms. The van der Waals surface area contributed by atoms with Gasteiger partial charge in [-0.1, -0.05) is 0 Å². The predicted molar refractivity (Wildman–Crippen MR) is 102 cm³/mol. The third-order valence-corrected chi connectivity index (χ3v) is 3.90. The van der Waals surface area contributed by atoms with Gasteiger partial charge in [0.1, 0.15) is 17.5 Å². The average Bonchev–Trinajstić information content (AvgIpc) is 2.68. The zero-order valence-corrected chi connectivity index (χ0v) is 14.8. The van der Waals surface area contributed by atoms with Gasteiger partial charge in [-0.25, -0.2) is 9.97 Å². The van der Waals surface area contributed by atoms with Gasteiger partial charge in [-0.05, 0) is 24.4 Å². The molecule has 0 saturated carbocycles. The van der Waals surface area contributed by atoms with Crippen LogP contribution in [-0.4, -0.2) is 37.3 Å². The second-order valence-electron chi connectivity index (χ2n) is 5.99. The van der Waals surface area contributed by atoms with Crippen LogP contribution in [0.2, 0.25) is 0 Å². The standard InChI is InChI=1S/C18H19N7O2/c1-12(11-26)22-17-16-13(3-8-25(18(16)27)7-2-4-19)9-14(24-17)23-15-10-20-5-6-21-15/h3,5-6,8-10,12,26H,2,7,11H2,1H3,(H2,21,22,23,24). The number of hydrogen-bond acceptors (Lipinski definition) is 8. The highest BCUT2D eigenvalue weighted by molar-refractivity contribution is 5.93. The fourth-order valence-electron chi connectivity index (χ4n) is 2.59. The minimum absolute atomic E-state index is 0.111. The van der Waals surface area contributed by atoms with Crippen molar-refractivity contribution in [1.82, 2.24) is 19.5 Å². The first kappa shape index (κ1) is 18.3. The van der Waals surface area contributed by atoms with Gasteiger partial charge in [-0.15, -0.1) is 0 Å². The van der Waals surface area contributed by atoms with Crippen LogP contribution in [0.25, 0.3) is 10.8 Å². The quantitative estimate of drug-likeness (QED) is 0.576. The highest BCUT2D eigenvalue weighted by Gasteiger charge is 2.14. The fourth-order valence-corrected chi connectivity index (χ4v) is 2.59. The fraction of sp³-hybridized carbons (Fsp3) is 0.278. The molecule has 1 atom stereocenters. The number of rotatable bonds is 7. The van der Waals surface area contributed by atoms with Crippen molar-refractivity contribution in [1.29, 1.82) is 5.26 Å². The summed E-state index contributed by atoms with van der Waals surface area (Å²) in [5.74, 6) is 1.37. The normalized spacial score (nSPS) is 11.7. The molecular weight excluding hydrogens is 346 g/mol. The number of hydrogen-bond donors (Lipinski definition) is 3. The van der Waals surface area contributed by atoms with E-state index in [0.717, 1.165) is 0 Å². The van der Waals surface area contributed by atoms with Crippen LogP contribution in [0.5, 0.6) is 0 Å². The maximum absolute atomic E-state index is 12.9. The van der Waals surface area contributed by atoms with Gasteiger partial charge >= 0.3 is 0 Å². The molecule has 3 N–H and O–H groups in total. The largest absolute Gasteiger partial charge is 0.394 e. The van der Waals surface area contributed by atoms with Crippen LogP contribution in [-0.2, 0) is 6.54 Å². The van der Waals surface area contributed by atoms with Crippen LogP contribution < -0.4 is 16.2 Å². The summed E-state index contributed by atoms with van der Waals surface area (Å²) in [6.07, 6.45) is 6.59. The lowest BCUT2D eigenvalue weighted by molar-refractivity contribution is 0.281. The predicted octanol–water partition coefficient (Wildman–Crippen LogP) is 1.64. The Hall–Kier alpha value is -3.51. The topological polar surface area (TPSA) is 129 Å². The van der Waals surface area contributed by atoms with E-state index in [2.05, 4.69) is 25.6 Å². The molecule has 0 radical (unpaired) electrons. The van der Waals surface area contributed by atoms with Gasteiger partial charge in [0.2, 0.25) is 0 Å². The average molecular weight is 365 g/mol. The Balaban J connectivity index is 2.10. The molecule has 3 heterocycles. The SMILES string of the molecule is CC(CO)Nc1nc(Nc2cnccn2)cc2ccn(CCC#N)c(=O)c12. The number of pyridine rings is 2. The molecule has 0 aliphatic carbocycles. The Kier molecular flexibility index (Phi) is 5.58. The van der Waals surface area contributed by atoms with E-state index in [1.54, 1.807) is 43.8 Å². The lowest BCUT2D eigenvalue weighted by Gasteiger charge is -2.16. The first-order chi connectivity index (χ1) is 13.1. The number of aliphatic hydroxyl groups excluding tert-OH is 1. The minimum atomic E-state index is -0.292. The molecule has 3 rings (SSSR count). The molecule has 0 fully saturated rings. The first-order valence-corrected chi connectivity index (χ1v) is 8.44. The molecule has 27 heavy (non-hydrogen) atoms. The van der Waals surface area contributed by atoms with Crippen LogP contribution in [0.3, 0.4) is 0 Å². The third-order valence-electron chi connectivity index (χ3n) is 3.90. The molecular formula is C18H19N7O2. The molecule has 0 spiro atoms. The van der Waals surface area contributed by atoms with Crippen LogP contribution in [0.1, 0.15) is 13.3 Å². The van der Waals surface area contributed by atoms with Crippen molar-refractivity contribution in [3.63, 3.8) is 0 Å². The van der Waals surface area contributed by atoms with Gasteiger partial charge in [0, 0.05) is 31.2 Å². The molecule has 3 aromatic rings. The summed E-state index contributed by atoms with van der Waals surface area (Å²) >= 11 is 0. The van der Waals surface area contributed by atoms with Gasteiger partial charge in [0.05, 0.1) is 30.7 Å². The summed E-state index contributed by atoms with van der Waals surface area (Å²) in [7, 11) is 0. The zero-order chi connectivity index (χ0) is 19.2. The number of nitrogens with zero attached hydrogens (tertiary/aromatic N) is 5. The first-order valence-electron chi connectivity index (χ1n) is 8.44. The van der Waals surface area contributed by atoms with Crippen molar-refractivity contribution >= 4 is 28.2 Å². The van der Waals surface area contributed by atoms with Crippen molar-refractivity contribution in [2.75, 3.05) is 17.2 Å². The lowest BCUT2D eigenvalue weighted by atomic mass is 10.2. The van der Waals surface area contributed by atoms with Crippen LogP contribution >= 0.6 is 0 Å². The Labute approximate surface area is 155 Å². The Bertz CT molecular complexity index is 1030. The van der Waals surface area contributed by atoms with Crippen LogP contribution in [0, 0.1) is 11.3 Å². The molecule has 0 aliphatic heterocycles. The maximum Gasteiger partial charge on any atom is 0.262 e. The summed E-state index contributed by atoms with van der Waals surface area (Å²) in [6, 6.07) is 5.29. The van der Waals surface area contributed by atoms with E-state index in [4.69, 9.17) is 5.26 Å². The van der Waals surface area contributed by atoms with Gasteiger partial charge in [0.25, 0.3) is 5.56 Å². The molecule has 0 amide bonds. The molecule has 0 aliphatic rings. The highest BCUT2D eigenvalue weighted by Crippen LogP contribution is 2.24. The van der Waals surface area contributed by atoms with Gasteiger partial charge in [0.15, 0.2) is 0 Å². The molecule has 1 unspecified atom stereocenters. The smallest absolute Gasteiger partial charge is 0.262 e. The monoisotopic (exact) mass is 365 g/mol. The number of aromatic nitrogens is 4. The van der Waals surface area contributed by atoms with E-state index in [1.807, 2.05) is 6.07 Å². The maximum atomic E-state index is 12.9. The molecule has 0 bridgehead atoms. The molecule has 138 valence electrons. The van der Waals surface area contributed by atoms with Crippen molar-refractivity contribution in [2.45, 2.75) is 25.9 Å².